The minimum absolute atomic E-state index is 0.136. The maximum Gasteiger partial charge on any atom is 0.123 e. The van der Waals surface area contributed by atoms with Crippen molar-refractivity contribution in [3.05, 3.63) is 35.1 Å². The standard InChI is InChI=1S/C16H24FN/c1-3-12-4-5-13(10-18)16(9-12)15-7-6-14(17)8-11(15)2/h6-8,12-13,16H,3-5,9-10,18H2,1-2H3. The summed E-state index contributed by atoms with van der Waals surface area (Å²) in [5, 5.41) is 0. The van der Waals surface area contributed by atoms with Crippen LogP contribution in [0.15, 0.2) is 18.2 Å². The van der Waals surface area contributed by atoms with Crippen molar-refractivity contribution in [2.75, 3.05) is 6.54 Å². The van der Waals surface area contributed by atoms with Crippen LogP contribution < -0.4 is 5.73 Å². The summed E-state index contributed by atoms with van der Waals surface area (Å²) < 4.78 is 13.2. The van der Waals surface area contributed by atoms with Crippen molar-refractivity contribution in [3.8, 4) is 0 Å². The van der Waals surface area contributed by atoms with E-state index in [-0.39, 0.29) is 5.82 Å². The molecule has 0 spiro atoms. The molecule has 1 aromatic rings. The Bertz CT molecular complexity index is 402. The summed E-state index contributed by atoms with van der Waals surface area (Å²) in [6.07, 6.45) is 4.98. The maximum atomic E-state index is 13.2. The minimum Gasteiger partial charge on any atom is -0.330 e. The Morgan fingerprint density at radius 3 is 2.72 bits per heavy atom. The van der Waals surface area contributed by atoms with Gasteiger partial charge in [-0.25, -0.2) is 4.39 Å². The fourth-order valence-corrected chi connectivity index (χ4v) is 3.41. The number of aryl methyl sites for hydroxylation is 1. The average Bonchev–Trinajstić information content (AvgIpc) is 2.38. The van der Waals surface area contributed by atoms with Crippen molar-refractivity contribution in [3.63, 3.8) is 0 Å². The van der Waals surface area contributed by atoms with E-state index in [4.69, 9.17) is 5.73 Å². The van der Waals surface area contributed by atoms with E-state index in [0.717, 1.165) is 18.0 Å². The molecular weight excluding hydrogens is 225 g/mol. The molecule has 0 aromatic heterocycles. The van der Waals surface area contributed by atoms with Crippen LogP contribution in [0.3, 0.4) is 0 Å². The van der Waals surface area contributed by atoms with Gasteiger partial charge in [0.25, 0.3) is 0 Å². The van der Waals surface area contributed by atoms with E-state index in [1.807, 2.05) is 13.0 Å². The fraction of sp³-hybridized carbons (Fsp3) is 0.625. The van der Waals surface area contributed by atoms with Crippen LogP contribution in [-0.4, -0.2) is 6.54 Å². The first-order valence-corrected chi connectivity index (χ1v) is 7.11. The van der Waals surface area contributed by atoms with Crippen molar-refractivity contribution < 1.29 is 4.39 Å². The highest BCUT2D eigenvalue weighted by Gasteiger charge is 2.30. The molecule has 0 heterocycles. The SMILES string of the molecule is CCC1CCC(CN)C(c2ccc(F)cc2C)C1. The van der Waals surface area contributed by atoms with Gasteiger partial charge >= 0.3 is 0 Å². The Balaban J connectivity index is 2.26. The van der Waals surface area contributed by atoms with Gasteiger partial charge in [-0.3, -0.25) is 0 Å². The van der Waals surface area contributed by atoms with Crippen molar-refractivity contribution >= 4 is 0 Å². The first kappa shape index (κ1) is 13.5. The van der Waals surface area contributed by atoms with Gasteiger partial charge in [0.1, 0.15) is 5.82 Å². The summed E-state index contributed by atoms with van der Waals surface area (Å²) in [5.74, 6) is 1.76. The normalized spacial score (nSPS) is 28.3. The van der Waals surface area contributed by atoms with E-state index < -0.39 is 0 Å². The second-order valence-corrected chi connectivity index (χ2v) is 5.69. The molecule has 0 saturated heterocycles. The quantitative estimate of drug-likeness (QED) is 0.860. The highest BCUT2D eigenvalue weighted by Crippen LogP contribution is 2.42. The lowest BCUT2D eigenvalue weighted by atomic mass is 9.69. The molecule has 2 rings (SSSR count). The summed E-state index contributed by atoms with van der Waals surface area (Å²) in [4.78, 5) is 0. The van der Waals surface area contributed by atoms with E-state index in [9.17, 15) is 4.39 Å². The first-order valence-electron chi connectivity index (χ1n) is 7.11. The van der Waals surface area contributed by atoms with Gasteiger partial charge in [0, 0.05) is 0 Å². The predicted molar refractivity (Wildman–Crippen MR) is 74.1 cm³/mol. The Hall–Kier alpha value is -0.890. The molecule has 1 saturated carbocycles. The van der Waals surface area contributed by atoms with Crippen LogP contribution in [0.1, 0.15) is 49.7 Å². The smallest absolute Gasteiger partial charge is 0.123 e. The van der Waals surface area contributed by atoms with Gasteiger partial charge in [-0.15, -0.1) is 0 Å². The minimum atomic E-state index is -0.136. The third-order valence-electron chi connectivity index (χ3n) is 4.61. The molecule has 1 fully saturated rings. The molecule has 3 atom stereocenters. The third-order valence-corrected chi connectivity index (χ3v) is 4.61. The molecule has 3 unspecified atom stereocenters. The van der Waals surface area contributed by atoms with Gasteiger partial charge in [-0.2, -0.15) is 0 Å². The number of hydrogen-bond donors (Lipinski definition) is 1. The molecule has 1 aliphatic rings. The van der Waals surface area contributed by atoms with Gasteiger partial charge in [-0.1, -0.05) is 25.8 Å². The van der Waals surface area contributed by atoms with Gasteiger partial charge in [0.15, 0.2) is 0 Å². The highest BCUT2D eigenvalue weighted by molar-refractivity contribution is 5.31. The fourth-order valence-electron chi connectivity index (χ4n) is 3.41. The molecule has 1 aromatic carbocycles. The van der Waals surface area contributed by atoms with Crippen LogP contribution in [0.4, 0.5) is 4.39 Å². The monoisotopic (exact) mass is 249 g/mol. The molecule has 0 bridgehead atoms. The van der Waals surface area contributed by atoms with Crippen molar-refractivity contribution in [2.45, 2.75) is 45.4 Å². The van der Waals surface area contributed by atoms with Crippen LogP contribution in [0.2, 0.25) is 0 Å². The lowest BCUT2D eigenvalue weighted by Crippen LogP contribution is -2.29. The molecule has 100 valence electrons. The van der Waals surface area contributed by atoms with Crippen LogP contribution in [0.25, 0.3) is 0 Å². The van der Waals surface area contributed by atoms with Gasteiger partial charge in [0.05, 0.1) is 0 Å². The van der Waals surface area contributed by atoms with Gasteiger partial charge < -0.3 is 5.73 Å². The van der Waals surface area contributed by atoms with Crippen LogP contribution >= 0.6 is 0 Å². The summed E-state index contributed by atoms with van der Waals surface area (Å²) >= 11 is 0. The second-order valence-electron chi connectivity index (χ2n) is 5.69. The van der Waals surface area contributed by atoms with Crippen LogP contribution in [0.5, 0.6) is 0 Å². The van der Waals surface area contributed by atoms with Crippen molar-refractivity contribution in [1.82, 2.24) is 0 Å². The molecule has 1 nitrogen and oxygen atoms in total. The first-order chi connectivity index (χ1) is 8.65. The molecule has 0 amide bonds. The number of benzene rings is 1. The van der Waals surface area contributed by atoms with Crippen molar-refractivity contribution in [2.24, 2.45) is 17.6 Å². The van der Waals surface area contributed by atoms with E-state index >= 15 is 0 Å². The third kappa shape index (κ3) is 2.74. The zero-order valence-electron chi connectivity index (χ0n) is 11.5. The predicted octanol–water partition coefficient (Wildman–Crippen LogP) is 4.00. The number of halogens is 1. The van der Waals surface area contributed by atoms with E-state index in [1.165, 1.54) is 31.2 Å². The topological polar surface area (TPSA) is 26.0 Å². The zero-order valence-corrected chi connectivity index (χ0v) is 11.5. The number of nitrogens with two attached hydrogens (primary N) is 1. The lowest BCUT2D eigenvalue weighted by Gasteiger charge is -2.36. The molecule has 18 heavy (non-hydrogen) atoms. The van der Waals surface area contributed by atoms with Crippen LogP contribution in [-0.2, 0) is 0 Å². The molecular formula is C16H24FN. The van der Waals surface area contributed by atoms with Gasteiger partial charge in [0.2, 0.25) is 0 Å². The summed E-state index contributed by atoms with van der Waals surface area (Å²) in [6, 6.07) is 5.21. The summed E-state index contributed by atoms with van der Waals surface area (Å²) in [7, 11) is 0. The maximum absolute atomic E-state index is 13.2. The van der Waals surface area contributed by atoms with E-state index in [1.54, 1.807) is 12.1 Å². The highest BCUT2D eigenvalue weighted by atomic mass is 19.1. The number of hydrogen-bond acceptors (Lipinski definition) is 1. The largest absolute Gasteiger partial charge is 0.330 e. The Kier molecular flexibility index (Phi) is 4.39. The Labute approximate surface area is 110 Å². The molecule has 2 N–H and O–H groups in total. The second kappa shape index (κ2) is 5.83. The number of rotatable bonds is 3. The van der Waals surface area contributed by atoms with Crippen LogP contribution in [0, 0.1) is 24.6 Å². The summed E-state index contributed by atoms with van der Waals surface area (Å²) in [5.41, 5.74) is 8.31. The van der Waals surface area contributed by atoms with Crippen molar-refractivity contribution in [1.29, 1.82) is 0 Å². The molecule has 0 radical (unpaired) electrons. The molecule has 2 heteroatoms. The molecule has 1 aliphatic carbocycles. The average molecular weight is 249 g/mol. The zero-order chi connectivity index (χ0) is 13.1. The van der Waals surface area contributed by atoms with Gasteiger partial charge in [-0.05, 0) is 67.3 Å². The van der Waals surface area contributed by atoms with E-state index in [0.29, 0.717) is 11.8 Å². The Morgan fingerprint density at radius 2 is 2.11 bits per heavy atom. The molecule has 0 aliphatic heterocycles. The summed E-state index contributed by atoms with van der Waals surface area (Å²) in [6.45, 7) is 5.03. The van der Waals surface area contributed by atoms with E-state index in [2.05, 4.69) is 6.92 Å². The Morgan fingerprint density at radius 1 is 1.33 bits per heavy atom. The lowest BCUT2D eigenvalue weighted by molar-refractivity contribution is 0.235.